The van der Waals surface area contributed by atoms with E-state index in [1.165, 1.54) is 7.11 Å². The van der Waals surface area contributed by atoms with E-state index in [2.05, 4.69) is 10.1 Å². The first-order valence-electron chi connectivity index (χ1n) is 9.76. The lowest BCUT2D eigenvalue weighted by molar-refractivity contribution is 0.0600. The zero-order valence-corrected chi connectivity index (χ0v) is 16.6. The highest BCUT2D eigenvalue weighted by molar-refractivity contribution is 6.00. The fourth-order valence-electron chi connectivity index (χ4n) is 3.53. The molecule has 2 aromatic carbocycles. The van der Waals surface area contributed by atoms with E-state index in [4.69, 9.17) is 5.73 Å². The minimum atomic E-state index is -0.384. The molecule has 1 amide bonds. The number of nitrogen functional groups attached to an aromatic ring is 1. The summed E-state index contributed by atoms with van der Waals surface area (Å²) in [4.78, 5) is 26.3. The molecule has 0 radical (unpaired) electrons. The Bertz CT molecular complexity index is 867. The van der Waals surface area contributed by atoms with E-state index in [-0.39, 0.29) is 18.0 Å². The smallest absolute Gasteiger partial charge is 0.337 e. The van der Waals surface area contributed by atoms with Crippen LogP contribution in [0.1, 0.15) is 39.1 Å². The summed E-state index contributed by atoms with van der Waals surface area (Å²) in [7, 11) is 1.35. The van der Waals surface area contributed by atoms with Crippen molar-refractivity contribution in [2.45, 2.75) is 25.4 Å². The molecule has 2 aromatic rings. The molecule has 0 bridgehead atoms. The molecule has 0 saturated carbocycles. The minimum Gasteiger partial charge on any atom is -0.465 e. The van der Waals surface area contributed by atoms with Gasteiger partial charge in [-0.05, 0) is 55.2 Å². The van der Waals surface area contributed by atoms with Gasteiger partial charge in [0.25, 0.3) is 5.91 Å². The van der Waals surface area contributed by atoms with Gasteiger partial charge in [-0.3, -0.25) is 4.79 Å². The van der Waals surface area contributed by atoms with Gasteiger partial charge in [0.1, 0.15) is 0 Å². The van der Waals surface area contributed by atoms with Crippen LogP contribution < -0.4 is 16.0 Å². The van der Waals surface area contributed by atoms with Gasteiger partial charge >= 0.3 is 5.97 Å². The molecule has 1 unspecified atom stereocenters. The van der Waals surface area contributed by atoms with Gasteiger partial charge in [0.15, 0.2) is 0 Å². The number of β-amino-alcohol motifs (C(OH)–C–C–N with tert-alkyl or cyclic N) is 1. The summed E-state index contributed by atoms with van der Waals surface area (Å²) in [5.41, 5.74) is 9.23. The number of hydrogen-bond donors (Lipinski definition) is 3. The Morgan fingerprint density at radius 2 is 2.00 bits per heavy atom. The summed E-state index contributed by atoms with van der Waals surface area (Å²) in [5, 5.41) is 12.9. The predicted octanol–water partition coefficient (Wildman–Crippen LogP) is 1.99. The Labute approximate surface area is 170 Å². The first kappa shape index (κ1) is 20.7. The monoisotopic (exact) mass is 397 g/mol. The van der Waals surface area contributed by atoms with Gasteiger partial charge in [-0.1, -0.05) is 12.1 Å². The fourth-order valence-corrected chi connectivity index (χ4v) is 3.53. The summed E-state index contributed by atoms with van der Waals surface area (Å²) in [6.07, 6.45) is 1.91. The lowest BCUT2D eigenvalue weighted by Gasteiger charge is -2.33. The first-order valence-corrected chi connectivity index (χ1v) is 9.76. The van der Waals surface area contributed by atoms with E-state index in [1.54, 1.807) is 24.3 Å². The molecular formula is C22H27N3O4. The zero-order valence-electron chi connectivity index (χ0n) is 16.6. The zero-order chi connectivity index (χ0) is 20.8. The van der Waals surface area contributed by atoms with Crippen LogP contribution in [0.2, 0.25) is 0 Å². The molecule has 1 saturated heterocycles. The van der Waals surface area contributed by atoms with Gasteiger partial charge in [0.2, 0.25) is 0 Å². The van der Waals surface area contributed by atoms with Crippen LogP contribution >= 0.6 is 0 Å². The summed E-state index contributed by atoms with van der Waals surface area (Å²) in [6.45, 7) is 1.76. The number of benzene rings is 2. The lowest BCUT2D eigenvalue weighted by Crippen LogP contribution is -2.39. The lowest BCUT2D eigenvalue weighted by atomic mass is 10.0. The van der Waals surface area contributed by atoms with Gasteiger partial charge in [-0.2, -0.15) is 0 Å². The SMILES string of the molecule is COC(=O)c1ccc(CCNC(=O)c2cc(N)ccc2N2CCCC(O)C2)cc1. The highest BCUT2D eigenvalue weighted by atomic mass is 16.5. The highest BCUT2D eigenvalue weighted by Gasteiger charge is 2.22. The molecule has 1 aliphatic heterocycles. The maximum Gasteiger partial charge on any atom is 0.337 e. The van der Waals surface area contributed by atoms with Gasteiger partial charge in [0.05, 0.1) is 24.3 Å². The molecule has 7 heteroatoms. The van der Waals surface area contributed by atoms with Crippen LogP contribution in [0.25, 0.3) is 0 Å². The van der Waals surface area contributed by atoms with Crippen LogP contribution in [0.5, 0.6) is 0 Å². The van der Waals surface area contributed by atoms with Crippen molar-refractivity contribution in [3.8, 4) is 0 Å². The largest absolute Gasteiger partial charge is 0.465 e. The number of carbonyl (C=O) groups excluding carboxylic acids is 2. The number of carbonyl (C=O) groups is 2. The Hall–Kier alpha value is -3.06. The fraction of sp³-hybridized carbons (Fsp3) is 0.364. The van der Waals surface area contributed by atoms with Crippen molar-refractivity contribution in [3.63, 3.8) is 0 Å². The van der Waals surface area contributed by atoms with E-state index in [9.17, 15) is 14.7 Å². The summed E-state index contributed by atoms with van der Waals surface area (Å²) in [5.74, 6) is -0.569. The Kier molecular flexibility index (Phi) is 6.72. The average Bonchev–Trinajstić information content (AvgIpc) is 2.73. The quantitative estimate of drug-likeness (QED) is 0.509. The molecule has 3 rings (SSSR count). The summed E-state index contributed by atoms with van der Waals surface area (Å²) < 4.78 is 4.69. The number of rotatable bonds is 6. The van der Waals surface area contributed by atoms with Crippen molar-refractivity contribution in [3.05, 3.63) is 59.2 Å². The third-order valence-corrected chi connectivity index (χ3v) is 5.08. The number of amides is 1. The maximum atomic E-state index is 12.8. The van der Waals surface area contributed by atoms with Crippen molar-refractivity contribution >= 4 is 23.3 Å². The van der Waals surface area contributed by atoms with Crippen LogP contribution in [-0.2, 0) is 11.2 Å². The number of methoxy groups -OCH3 is 1. The number of hydrogen-bond acceptors (Lipinski definition) is 6. The second-order valence-electron chi connectivity index (χ2n) is 7.21. The second-order valence-corrected chi connectivity index (χ2v) is 7.21. The van der Waals surface area contributed by atoms with E-state index >= 15 is 0 Å². The molecule has 154 valence electrons. The summed E-state index contributed by atoms with van der Waals surface area (Å²) >= 11 is 0. The molecule has 4 N–H and O–H groups in total. The second kappa shape index (κ2) is 9.43. The van der Waals surface area contributed by atoms with Gasteiger partial charge in [0, 0.05) is 31.0 Å². The molecule has 0 aliphatic carbocycles. The van der Waals surface area contributed by atoms with Crippen LogP contribution in [0.3, 0.4) is 0 Å². The minimum absolute atomic E-state index is 0.196. The molecule has 1 aliphatic rings. The van der Waals surface area contributed by atoms with Crippen molar-refractivity contribution < 1.29 is 19.4 Å². The number of nitrogens with two attached hydrogens (primary N) is 1. The van der Waals surface area contributed by atoms with Crippen molar-refractivity contribution in [2.24, 2.45) is 0 Å². The highest BCUT2D eigenvalue weighted by Crippen LogP contribution is 2.26. The number of nitrogens with zero attached hydrogens (tertiary/aromatic N) is 1. The standard InChI is InChI=1S/C22H27N3O4/c1-29-22(28)16-6-4-15(5-7-16)10-11-24-21(27)19-13-17(23)8-9-20(19)25-12-2-3-18(26)14-25/h4-9,13,18,26H,2-3,10-12,14,23H2,1H3,(H,24,27). The van der Waals surface area contributed by atoms with Gasteiger partial charge in [-0.25, -0.2) is 4.79 Å². The molecular weight excluding hydrogens is 370 g/mol. The van der Waals surface area contributed by atoms with E-state index in [0.29, 0.717) is 36.3 Å². The maximum absolute atomic E-state index is 12.8. The van der Waals surface area contributed by atoms with E-state index in [1.807, 2.05) is 23.1 Å². The van der Waals surface area contributed by atoms with Crippen LogP contribution in [0.4, 0.5) is 11.4 Å². The Morgan fingerprint density at radius 3 is 2.69 bits per heavy atom. The predicted molar refractivity (Wildman–Crippen MR) is 112 cm³/mol. The number of nitrogens with one attached hydrogen (secondary N) is 1. The first-order chi connectivity index (χ1) is 14.0. The topological polar surface area (TPSA) is 105 Å². The van der Waals surface area contributed by atoms with Gasteiger partial charge < -0.3 is 25.8 Å². The third kappa shape index (κ3) is 5.26. The summed E-state index contributed by atoms with van der Waals surface area (Å²) in [6, 6.07) is 12.4. The molecule has 1 fully saturated rings. The average molecular weight is 397 g/mol. The van der Waals surface area contributed by atoms with Gasteiger partial charge in [-0.15, -0.1) is 0 Å². The number of esters is 1. The van der Waals surface area contributed by atoms with Crippen LogP contribution in [-0.4, -0.2) is 49.8 Å². The van der Waals surface area contributed by atoms with Crippen LogP contribution in [0.15, 0.2) is 42.5 Å². The number of ether oxygens (including phenoxy) is 1. The molecule has 29 heavy (non-hydrogen) atoms. The number of aliphatic hydroxyl groups excluding tert-OH is 1. The van der Waals surface area contributed by atoms with Crippen LogP contribution in [0, 0.1) is 0 Å². The van der Waals surface area contributed by atoms with E-state index < -0.39 is 0 Å². The van der Waals surface area contributed by atoms with Crippen molar-refractivity contribution in [1.82, 2.24) is 5.32 Å². The number of piperidine rings is 1. The molecule has 7 nitrogen and oxygen atoms in total. The molecule has 1 atom stereocenters. The Morgan fingerprint density at radius 1 is 1.24 bits per heavy atom. The van der Waals surface area contributed by atoms with Crippen molar-refractivity contribution in [2.75, 3.05) is 37.4 Å². The third-order valence-electron chi connectivity index (χ3n) is 5.08. The number of aliphatic hydroxyl groups is 1. The molecule has 1 heterocycles. The number of anilines is 2. The van der Waals surface area contributed by atoms with E-state index in [0.717, 1.165) is 30.6 Å². The molecule has 0 spiro atoms. The normalized spacial score (nSPS) is 16.3. The molecule has 0 aromatic heterocycles. The van der Waals surface area contributed by atoms with Crippen molar-refractivity contribution in [1.29, 1.82) is 0 Å². The Balaban J connectivity index is 1.63.